The maximum Gasteiger partial charge on any atom is 0.258 e. The van der Waals surface area contributed by atoms with Crippen LogP contribution in [0.15, 0.2) is 40.9 Å². The van der Waals surface area contributed by atoms with Crippen LogP contribution in [0, 0.1) is 17.1 Å². The lowest BCUT2D eigenvalue weighted by Crippen LogP contribution is -2.14. The van der Waals surface area contributed by atoms with Gasteiger partial charge in [0.1, 0.15) is 5.82 Å². The summed E-state index contributed by atoms with van der Waals surface area (Å²) in [5.74, 6) is -1.26. The van der Waals surface area contributed by atoms with Crippen LogP contribution in [-0.2, 0) is 0 Å². The summed E-state index contributed by atoms with van der Waals surface area (Å²) in [5.41, 5.74) is 0.594. The number of benzene rings is 2. The molecule has 0 aliphatic heterocycles. The summed E-state index contributed by atoms with van der Waals surface area (Å²) in [6, 6.07) is 10.8. The van der Waals surface area contributed by atoms with Crippen molar-refractivity contribution in [2.45, 2.75) is 0 Å². The molecule has 2 aromatic rings. The molecule has 0 aliphatic carbocycles. The predicted molar refractivity (Wildman–Crippen MR) is 78.2 cm³/mol. The average Bonchev–Trinajstić information content (AvgIpc) is 2.44. The first-order chi connectivity index (χ1) is 9.52. The van der Waals surface area contributed by atoms with Gasteiger partial charge in [-0.1, -0.05) is 17.7 Å². The van der Waals surface area contributed by atoms with E-state index in [1.807, 2.05) is 6.07 Å². The van der Waals surface area contributed by atoms with Gasteiger partial charge in [0.2, 0.25) is 0 Å². The van der Waals surface area contributed by atoms with Crippen LogP contribution in [0.4, 0.5) is 10.1 Å². The van der Waals surface area contributed by atoms with Crippen molar-refractivity contribution in [3.8, 4) is 6.07 Å². The molecule has 6 heteroatoms. The number of nitrogens with zero attached hydrogens (tertiary/aromatic N) is 1. The van der Waals surface area contributed by atoms with Gasteiger partial charge in [-0.3, -0.25) is 4.79 Å². The van der Waals surface area contributed by atoms with Gasteiger partial charge in [-0.25, -0.2) is 4.39 Å². The number of hydrogen-bond donors (Lipinski definition) is 1. The Balaban J connectivity index is 2.29. The minimum Gasteiger partial charge on any atom is -0.321 e. The summed E-state index contributed by atoms with van der Waals surface area (Å²) in [6.07, 6.45) is 0. The highest BCUT2D eigenvalue weighted by Gasteiger charge is 2.15. The lowest BCUT2D eigenvalue weighted by atomic mass is 10.2. The maximum atomic E-state index is 13.8. The van der Waals surface area contributed by atoms with Crippen molar-refractivity contribution in [3.05, 3.63) is 62.8 Å². The molecule has 3 nitrogen and oxygen atoms in total. The Morgan fingerprint density at radius 1 is 1.35 bits per heavy atom. The molecule has 100 valence electrons. The van der Waals surface area contributed by atoms with Gasteiger partial charge in [-0.15, -0.1) is 0 Å². The Kier molecular flexibility index (Phi) is 4.38. The van der Waals surface area contributed by atoms with Gasteiger partial charge in [0.15, 0.2) is 0 Å². The van der Waals surface area contributed by atoms with E-state index in [1.54, 1.807) is 6.07 Å². The summed E-state index contributed by atoms with van der Waals surface area (Å²) in [4.78, 5) is 12.0. The number of nitrogens with one attached hydrogen (secondary N) is 1. The Bertz CT molecular complexity index is 728. The molecule has 0 spiro atoms. The van der Waals surface area contributed by atoms with Gasteiger partial charge in [-0.05, 0) is 46.3 Å². The zero-order valence-corrected chi connectivity index (χ0v) is 12.3. The highest BCUT2D eigenvalue weighted by molar-refractivity contribution is 9.10. The molecule has 0 fully saturated rings. The Hall–Kier alpha value is -1.90. The number of carbonyl (C=O) groups excluding carboxylic acids is 1. The zero-order chi connectivity index (χ0) is 14.7. The number of hydrogen-bond acceptors (Lipinski definition) is 2. The van der Waals surface area contributed by atoms with Gasteiger partial charge in [0.05, 0.1) is 32.4 Å². The molecule has 0 saturated carbocycles. The quantitative estimate of drug-likeness (QED) is 0.872. The van der Waals surface area contributed by atoms with Crippen molar-refractivity contribution in [1.82, 2.24) is 0 Å². The lowest BCUT2D eigenvalue weighted by molar-refractivity contribution is 0.102. The normalized spacial score (nSPS) is 9.90. The van der Waals surface area contributed by atoms with Crippen LogP contribution in [0.2, 0.25) is 5.02 Å². The standard InChI is InChI=1S/C14H7BrClFN2O/c15-10-3-1-2-9(13(10)17)14(20)19-12-5-4-8(7-18)6-11(12)16/h1-6H,(H,19,20). The number of halogens is 3. The number of carbonyl (C=O) groups is 1. The van der Waals surface area contributed by atoms with Crippen molar-refractivity contribution < 1.29 is 9.18 Å². The molecule has 1 N–H and O–H groups in total. The third kappa shape index (κ3) is 2.98. The summed E-state index contributed by atoms with van der Waals surface area (Å²) in [6.45, 7) is 0. The van der Waals surface area contributed by atoms with Gasteiger partial charge in [-0.2, -0.15) is 5.26 Å². The van der Waals surface area contributed by atoms with Gasteiger partial charge < -0.3 is 5.32 Å². The van der Waals surface area contributed by atoms with Gasteiger partial charge >= 0.3 is 0 Å². The molecule has 0 aliphatic rings. The van der Waals surface area contributed by atoms with E-state index in [1.165, 1.54) is 30.3 Å². The van der Waals surface area contributed by atoms with Gasteiger partial charge in [0.25, 0.3) is 5.91 Å². The van der Waals surface area contributed by atoms with E-state index < -0.39 is 11.7 Å². The SMILES string of the molecule is N#Cc1ccc(NC(=O)c2cccc(Br)c2F)c(Cl)c1. The van der Waals surface area contributed by atoms with Crippen LogP contribution in [0.25, 0.3) is 0 Å². The second-order valence-corrected chi connectivity index (χ2v) is 5.12. The first-order valence-electron chi connectivity index (χ1n) is 5.48. The molecular formula is C14H7BrClFN2O. The topological polar surface area (TPSA) is 52.9 Å². The number of anilines is 1. The third-order valence-corrected chi connectivity index (χ3v) is 3.47. The second kappa shape index (κ2) is 6.04. The summed E-state index contributed by atoms with van der Waals surface area (Å²) < 4.78 is 14.0. The summed E-state index contributed by atoms with van der Waals surface area (Å²) >= 11 is 8.96. The van der Waals surface area contributed by atoms with E-state index in [4.69, 9.17) is 16.9 Å². The molecule has 0 heterocycles. The van der Waals surface area contributed by atoms with E-state index in [2.05, 4.69) is 21.2 Å². The van der Waals surface area contributed by atoms with E-state index >= 15 is 0 Å². The fourth-order valence-corrected chi connectivity index (χ4v) is 2.15. The highest BCUT2D eigenvalue weighted by Crippen LogP contribution is 2.25. The van der Waals surface area contributed by atoms with E-state index in [0.717, 1.165) is 0 Å². The van der Waals surface area contributed by atoms with Crippen molar-refractivity contribution in [2.24, 2.45) is 0 Å². The summed E-state index contributed by atoms with van der Waals surface area (Å²) in [7, 11) is 0. The maximum absolute atomic E-state index is 13.8. The molecule has 0 atom stereocenters. The number of amides is 1. The Morgan fingerprint density at radius 3 is 2.75 bits per heavy atom. The molecule has 1 amide bonds. The number of rotatable bonds is 2. The van der Waals surface area contributed by atoms with E-state index in [-0.39, 0.29) is 15.1 Å². The second-order valence-electron chi connectivity index (χ2n) is 3.86. The molecule has 0 bridgehead atoms. The fourth-order valence-electron chi connectivity index (χ4n) is 1.55. The van der Waals surface area contributed by atoms with Crippen LogP contribution in [0.5, 0.6) is 0 Å². The van der Waals surface area contributed by atoms with Crippen molar-refractivity contribution in [1.29, 1.82) is 5.26 Å². The molecule has 2 aromatic carbocycles. The van der Waals surface area contributed by atoms with Crippen molar-refractivity contribution in [3.63, 3.8) is 0 Å². The van der Waals surface area contributed by atoms with Crippen LogP contribution in [-0.4, -0.2) is 5.91 Å². The van der Waals surface area contributed by atoms with E-state index in [9.17, 15) is 9.18 Å². The van der Waals surface area contributed by atoms with E-state index in [0.29, 0.717) is 11.3 Å². The molecule has 0 unspecified atom stereocenters. The minimum atomic E-state index is -0.644. The van der Waals surface area contributed by atoms with Crippen LogP contribution in [0.3, 0.4) is 0 Å². The predicted octanol–water partition coefficient (Wildman–Crippen LogP) is 4.37. The average molecular weight is 354 g/mol. The van der Waals surface area contributed by atoms with Crippen LogP contribution < -0.4 is 5.32 Å². The molecule has 0 saturated heterocycles. The first-order valence-corrected chi connectivity index (χ1v) is 6.65. The van der Waals surface area contributed by atoms with Crippen molar-refractivity contribution >= 4 is 39.1 Å². The Morgan fingerprint density at radius 2 is 2.10 bits per heavy atom. The molecule has 0 radical (unpaired) electrons. The molecular weight excluding hydrogens is 347 g/mol. The fraction of sp³-hybridized carbons (Fsp3) is 0. The van der Waals surface area contributed by atoms with Crippen LogP contribution in [0.1, 0.15) is 15.9 Å². The lowest BCUT2D eigenvalue weighted by Gasteiger charge is -2.08. The molecule has 20 heavy (non-hydrogen) atoms. The minimum absolute atomic E-state index is 0.0974. The summed E-state index contributed by atoms with van der Waals surface area (Å²) in [5, 5.41) is 11.4. The molecule has 0 aromatic heterocycles. The van der Waals surface area contributed by atoms with Crippen molar-refractivity contribution in [2.75, 3.05) is 5.32 Å². The smallest absolute Gasteiger partial charge is 0.258 e. The van der Waals surface area contributed by atoms with Crippen LogP contribution >= 0.6 is 27.5 Å². The monoisotopic (exact) mass is 352 g/mol. The van der Waals surface area contributed by atoms with Gasteiger partial charge in [0, 0.05) is 0 Å². The number of nitriles is 1. The Labute approximate surface area is 128 Å². The zero-order valence-electron chi connectivity index (χ0n) is 9.95. The highest BCUT2D eigenvalue weighted by atomic mass is 79.9. The third-order valence-electron chi connectivity index (χ3n) is 2.54. The first kappa shape index (κ1) is 14.5. The largest absolute Gasteiger partial charge is 0.321 e. The molecule has 2 rings (SSSR count).